The van der Waals surface area contributed by atoms with Crippen LogP contribution in [0.3, 0.4) is 0 Å². The minimum absolute atomic E-state index is 0.429. The predicted molar refractivity (Wildman–Crippen MR) is 91.7 cm³/mol. The molecule has 110 valence electrons. The lowest BCUT2D eigenvalue weighted by molar-refractivity contribution is 0.422. The van der Waals surface area contributed by atoms with Crippen molar-refractivity contribution in [3.8, 4) is 0 Å². The maximum atomic E-state index is 3.49. The van der Waals surface area contributed by atoms with E-state index >= 15 is 0 Å². The molecule has 0 spiro atoms. The normalized spacial score (nSPS) is 14.6. The molecule has 2 N–H and O–H groups in total. The molecule has 0 aliphatic heterocycles. The zero-order valence-corrected chi connectivity index (χ0v) is 13.1. The third-order valence-electron chi connectivity index (χ3n) is 4.62. The maximum Gasteiger partial charge on any atom is 0.0465 e. The molecule has 2 aromatic carbocycles. The molecule has 0 aliphatic carbocycles. The van der Waals surface area contributed by atoms with Crippen molar-refractivity contribution in [1.29, 1.82) is 0 Å². The second-order valence-electron chi connectivity index (χ2n) is 6.07. The number of fused-ring (bicyclic) bond motifs is 3. The first-order valence-corrected chi connectivity index (χ1v) is 7.90. The number of aromatic amines is 1. The first-order valence-electron chi connectivity index (χ1n) is 7.90. The largest absolute Gasteiger partial charge is 0.355 e. The van der Waals surface area contributed by atoms with Crippen molar-refractivity contribution in [1.82, 2.24) is 10.3 Å². The molecule has 0 saturated carbocycles. The Bertz CT molecular complexity index is 741. The van der Waals surface area contributed by atoms with Crippen LogP contribution in [-0.4, -0.2) is 12.0 Å². The Labute approximate surface area is 126 Å². The highest BCUT2D eigenvalue weighted by Gasteiger charge is 2.14. The van der Waals surface area contributed by atoms with E-state index in [0.717, 1.165) is 5.92 Å². The summed E-state index contributed by atoms with van der Waals surface area (Å²) in [6.45, 7) is 4.59. The predicted octanol–water partition coefficient (Wildman–Crippen LogP) is 5.02. The molecule has 0 radical (unpaired) electrons. The summed E-state index contributed by atoms with van der Waals surface area (Å²) in [6, 6.07) is 15.8. The lowest BCUT2D eigenvalue weighted by Crippen LogP contribution is -2.18. The molecule has 0 fully saturated rings. The number of hydrogen-bond acceptors (Lipinski definition) is 1. The van der Waals surface area contributed by atoms with Gasteiger partial charge < -0.3 is 10.3 Å². The van der Waals surface area contributed by atoms with E-state index in [2.05, 4.69) is 73.7 Å². The highest BCUT2D eigenvalue weighted by Crippen LogP contribution is 2.30. The van der Waals surface area contributed by atoms with Crippen molar-refractivity contribution in [3.63, 3.8) is 0 Å². The summed E-state index contributed by atoms with van der Waals surface area (Å²) in [5.41, 5.74) is 3.82. The Hall–Kier alpha value is -1.80. The number of rotatable bonds is 5. The Morgan fingerprint density at radius 3 is 2.57 bits per heavy atom. The second kappa shape index (κ2) is 5.90. The summed E-state index contributed by atoms with van der Waals surface area (Å²) in [4.78, 5) is 3.49. The fourth-order valence-electron chi connectivity index (χ4n) is 3.07. The SMILES string of the molecule is CCC(C)CC(NC)c1ccc2[nH]c3ccccc3c2c1. The number of nitrogens with one attached hydrogen (secondary N) is 2. The Morgan fingerprint density at radius 2 is 1.81 bits per heavy atom. The number of benzene rings is 2. The van der Waals surface area contributed by atoms with Crippen LogP contribution in [0.1, 0.15) is 38.3 Å². The van der Waals surface area contributed by atoms with Gasteiger partial charge in [-0.3, -0.25) is 0 Å². The number of hydrogen-bond donors (Lipinski definition) is 2. The van der Waals surface area contributed by atoms with Gasteiger partial charge in [0.1, 0.15) is 0 Å². The maximum absolute atomic E-state index is 3.49. The van der Waals surface area contributed by atoms with Gasteiger partial charge in [0.2, 0.25) is 0 Å². The fraction of sp³-hybridized carbons (Fsp3) is 0.368. The molecule has 2 nitrogen and oxygen atoms in total. The molecular formula is C19H24N2. The molecule has 0 saturated heterocycles. The van der Waals surface area contributed by atoms with Gasteiger partial charge in [-0.25, -0.2) is 0 Å². The van der Waals surface area contributed by atoms with Crippen LogP contribution in [0, 0.1) is 5.92 Å². The van der Waals surface area contributed by atoms with Crippen LogP contribution in [0.5, 0.6) is 0 Å². The lowest BCUT2D eigenvalue weighted by Gasteiger charge is -2.20. The van der Waals surface area contributed by atoms with Crippen molar-refractivity contribution < 1.29 is 0 Å². The van der Waals surface area contributed by atoms with E-state index in [1.165, 1.54) is 40.2 Å². The van der Waals surface area contributed by atoms with Gasteiger partial charge in [0.05, 0.1) is 0 Å². The molecule has 2 atom stereocenters. The van der Waals surface area contributed by atoms with Crippen LogP contribution in [0.25, 0.3) is 21.8 Å². The van der Waals surface area contributed by atoms with Crippen LogP contribution < -0.4 is 5.32 Å². The Balaban J connectivity index is 2.04. The van der Waals surface area contributed by atoms with Gasteiger partial charge in [-0.1, -0.05) is 44.5 Å². The molecule has 0 bridgehead atoms. The van der Waals surface area contributed by atoms with Gasteiger partial charge in [-0.2, -0.15) is 0 Å². The van der Waals surface area contributed by atoms with Gasteiger partial charge in [0, 0.05) is 27.8 Å². The molecule has 21 heavy (non-hydrogen) atoms. The molecule has 1 heterocycles. The van der Waals surface area contributed by atoms with Crippen molar-refractivity contribution in [2.45, 2.75) is 32.7 Å². The summed E-state index contributed by atoms with van der Waals surface area (Å²) in [7, 11) is 2.06. The summed E-state index contributed by atoms with van der Waals surface area (Å²) in [5.74, 6) is 0.737. The third-order valence-corrected chi connectivity index (χ3v) is 4.62. The number of aromatic nitrogens is 1. The van der Waals surface area contributed by atoms with Gasteiger partial charge >= 0.3 is 0 Å². The van der Waals surface area contributed by atoms with E-state index in [9.17, 15) is 0 Å². The van der Waals surface area contributed by atoms with Crippen molar-refractivity contribution in [3.05, 3.63) is 48.0 Å². The molecule has 3 aromatic rings. The lowest BCUT2D eigenvalue weighted by atomic mass is 9.93. The van der Waals surface area contributed by atoms with Crippen LogP contribution in [0.4, 0.5) is 0 Å². The monoisotopic (exact) mass is 280 g/mol. The standard InChI is InChI=1S/C19H24N2/c1-4-13(2)11-19(20-3)14-9-10-18-16(12-14)15-7-5-6-8-17(15)21-18/h5-10,12-13,19-21H,4,11H2,1-3H3. The smallest absolute Gasteiger partial charge is 0.0465 e. The fourth-order valence-corrected chi connectivity index (χ4v) is 3.07. The van der Waals surface area contributed by atoms with Crippen molar-refractivity contribution >= 4 is 21.8 Å². The second-order valence-corrected chi connectivity index (χ2v) is 6.07. The number of H-pyrrole nitrogens is 1. The Kier molecular flexibility index (Phi) is 3.98. The zero-order chi connectivity index (χ0) is 14.8. The van der Waals surface area contributed by atoms with E-state index < -0.39 is 0 Å². The third kappa shape index (κ3) is 2.68. The molecule has 2 unspecified atom stereocenters. The van der Waals surface area contributed by atoms with Crippen LogP contribution in [-0.2, 0) is 0 Å². The van der Waals surface area contributed by atoms with Crippen LogP contribution in [0.15, 0.2) is 42.5 Å². The van der Waals surface area contributed by atoms with Crippen molar-refractivity contribution in [2.24, 2.45) is 5.92 Å². The topological polar surface area (TPSA) is 27.8 Å². The molecule has 1 aromatic heterocycles. The molecule has 0 amide bonds. The van der Waals surface area contributed by atoms with Gasteiger partial charge in [0.25, 0.3) is 0 Å². The highest BCUT2D eigenvalue weighted by molar-refractivity contribution is 6.07. The summed E-state index contributed by atoms with van der Waals surface area (Å²) < 4.78 is 0. The summed E-state index contributed by atoms with van der Waals surface area (Å²) >= 11 is 0. The van der Waals surface area contributed by atoms with E-state index in [4.69, 9.17) is 0 Å². The van der Waals surface area contributed by atoms with E-state index in [1.54, 1.807) is 0 Å². The minimum atomic E-state index is 0.429. The van der Waals surface area contributed by atoms with Gasteiger partial charge in [-0.15, -0.1) is 0 Å². The van der Waals surface area contributed by atoms with Crippen LogP contribution in [0.2, 0.25) is 0 Å². The van der Waals surface area contributed by atoms with Crippen molar-refractivity contribution in [2.75, 3.05) is 7.05 Å². The molecular weight excluding hydrogens is 256 g/mol. The minimum Gasteiger partial charge on any atom is -0.355 e. The highest BCUT2D eigenvalue weighted by atomic mass is 14.9. The quantitative estimate of drug-likeness (QED) is 0.675. The molecule has 0 aliphatic rings. The van der Waals surface area contributed by atoms with E-state index in [0.29, 0.717) is 6.04 Å². The van der Waals surface area contributed by atoms with Gasteiger partial charge in [0.15, 0.2) is 0 Å². The van der Waals surface area contributed by atoms with E-state index in [-0.39, 0.29) is 0 Å². The number of para-hydroxylation sites is 1. The first kappa shape index (κ1) is 14.2. The zero-order valence-electron chi connectivity index (χ0n) is 13.1. The Morgan fingerprint density at radius 1 is 1.05 bits per heavy atom. The van der Waals surface area contributed by atoms with Crippen LogP contribution >= 0.6 is 0 Å². The average molecular weight is 280 g/mol. The van der Waals surface area contributed by atoms with E-state index in [1.807, 2.05) is 0 Å². The summed E-state index contributed by atoms with van der Waals surface area (Å²) in [5, 5.41) is 6.12. The van der Waals surface area contributed by atoms with Gasteiger partial charge in [-0.05, 0) is 43.1 Å². The molecule has 3 rings (SSSR count). The summed E-state index contributed by atoms with van der Waals surface area (Å²) in [6.07, 6.45) is 2.41. The first-order chi connectivity index (χ1) is 10.2. The average Bonchev–Trinajstić information content (AvgIpc) is 2.90. The molecule has 2 heteroatoms.